The molecule has 0 bridgehead atoms. The minimum Gasteiger partial charge on any atom is -0.205 e. The summed E-state index contributed by atoms with van der Waals surface area (Å²) >= 11 is 3.16. The van der Waals surface area contributed by atoms with E-state index in [1.807, 2.05) is 12.3 Å². The standard InChI is InChI=1S/C11H11FS2/c1-3-7-9(13-2)4-5-10-11(7)8(12)6-14-10/h4-6H,3H2,1-2H3. The molecule has 0 aliphatic carbocycles. The van der Waals surface area contributed by atoms with E-state index in [9.17, 15) is 4.39 Å². The molecule has 0 aliphatic heterocycles. The van der Waals surface area contributed by atoms with Gasteiger partial charge in [0, 0.05) is 20.4 Å². The first-order valence-corrected chi connectivity index (χ1v) is 6.61. The van der Waals surface area contributed by atoms with Gasteiger partial charge in [-0.15, -0.1) is 23.1 Å². The number of thiophene rings is 1. The Balaban J connectivity index is 2.81. The van der Waals surface area contributed by atoms with Crippen molar-refractivity contribution in [1.29, 1.82) is 0 Å². The van der Waals surface area contributed by atoms with Crippen LogP contribution in [0, 0.1) is 5.82 Å². The van der Waals surface area contributed by atoms with Crippen LogP contribution in [0.1, 0.15) is 12.5 Å². The lowest BCUT2D eigenvalue weighted by Crippen LogP contribution is -1.87. The fourth-order valence-corrected chi connectivity index (χ4v) is 3.21. The molecule has 2 aromatic rings. The molecule has 0 saturated carbocycles. The van der Waals surface area contributed by atoms with Crippen molar-refractivity contribution in [3.8, 4) is 0 Å². The van der Waals surface area contributed by atoms with E-state index in [4.69, 9.17) is 0 Å². The maximum atomic E-state index is 13.5. The zero-order valence-electron chi connectivity index (χ0n) is 8.13. The van der Waals surface area contributed by atoms with E-state index in [0.29, 0.717) is 0 Å². The molecule has 0 radical (unpaired) electrons. The smallest absolute Gasteiger partial charge is 0.142 e. The van der Waals surface area contributed by atoms with Crippen molar-refractivity contribution in [3.05, 3.63) is 28.9 Å². The van der Waals surface area contributed by atoms with Crippen LogP contribution < -0.4 is 0 Å². The van der Waals surface area contributed by atoms with Crippen molar-refractivity contribution in [3.63, 3.8) is 0 Å². The number of thioether (sulfide) groups is 1. The summed E-state index contributed by atoms with van der Waals surface area (Å²) in [5.41, 5.74) is 1.15. The van der Waals surface area contributed by atoms with E-state index in [0.717, 1.165) is 22.1 Å². The molecular weight excluding hydrogens is 215 g/mol. The fourth-order valence-electron chi connectivity index (χ4n) is 1.68. The molecule has 0 saturated heterocycles. The highest BCUT2D eigenvalue weighted by molar-refractivity contribution is 7.98. The first-order valence-electron chi connectivity index (χ1n) is 4.50. The second-order valence-electron chi connectivity index (χ2n) is 3.06. The Morgan fingerprint density at radius 2 is 2.21 bits per heavy atom. The SMILES string of the molecule is CCc1c(SC)ccc2scc(F)c12. The fraction of sp³-hybridized carbons (Fsp3) is 0.273. The maximum Gasteiger partial charge on any atom is 0.142 e. The molecule has 0 unspecified atom stereocenters. The first kappa shape index (κ1) is 9.99. The Kier molecular flexibility index (Phi) is 2.79. The van der Waals surface area contributed by atoms with Gasteiger partial charge in [-0.2, -0.15) is 0 Å². The Morgan fingerprint density at radius 3 is 2.86 bits per heavy atom. The highest BCUT2D eigenvalue weighted by Crippen LogP contribution is 2.33. The van der Waals surface area contributed by atoms with Crippen LogP contribution in [0.15, 0.2) is 22.4 Å². The Morgan fingerprint density at radius 1 is 1.43 bits per heavy atom. The second kappa shape index (κ2) is 3.91. The predicted molar refractivity (Wildman–Crippen MR) is 62.9 cm³/mol. The van der Waals surface area contributed by atoms with E-state index in [-0.39, 0.29) is 5.82 Å². The summed E-state index contributed by atoms with van der Waals surface area (Å²) in [5.74, 6) is -0.0715. The van der Waals surface area contributed by atoms with Gasteiger partial charge in [-0.1, -0.05) is 6.92 Å². The number of rotatable bonds is 2. The van der Waals surface area contributed by atoms with Gasteiger partial charge in [0.2, 0.25) is 0 Å². The third-order valence-corrected chi connectivity index (χ3v) is 4.07. The lowest BCUT2D eigenvalue weighted by atomic mass is 10.1. The van der Waals surface area contributed by atoms with Crippen LogP contribution in [0.5, 0.6) is 0 Å². The molecular formula is C11H11FS2. The van der Waals surface area contributed by atoms with Crippen LogP contribution >= 0.6 is 23.1 Å². The van der Waals surface area contributed by atoms with Crippen LogP contribution in [-0.2, 0) is 6.42 Å². The summed E-state index contributed by atoms with van der Waals surface area (Å²) in [6.07, 6.45) is 2.92. The minimum absolute atomic E-state index is 0.0715. The maximum absolute atomic E-state index is 13.5. The van der Waals surface area contributed by atoms with Gasteiger partial charge in [0.05, 0.1) is 0 Å². The van der Waals surface area contributed by atoms with Crippen molar-refractivity contribution in [2.45, 2.75) is 18.2 Å². The Bertz CT molecular complexity index is 460. The van der Waals surface area contributed by atoms with Crippen LogP contribution in [-0.4, -0.2) is 6.26 Å². The third-order valence-electron chi connectivity index (χ3n) is 2.33. The van der Waals surface area contributed by atoms with Gasteiger partial charge in [0.25, 0.3) is 0 Å². The number of hydrogen-bond acceptors (Lipinski definition) is 2. The number of benzene rings is 1. The van der Waals surface area contributed by atoms with Gasteiger partial charge in [-0.25, -0.2) is 4.39 Å². The molecule has 1 heterocycles. The molecule has 0 spiro atoms. The number of hydrogen-bond donors (Lipinski definition) is 0. The van der Waals surface area contributed by atoms with Crippen molar-refractivity contribution in [2.24, 2.45) is 0 Å². The third kappa shape index (κ3) is 1.44. The summed E-state index contributed by atoms with van der Waals surface area (Å²) in [6.45, 7) is 2.08. The van der Waals surface area contributed by atoms with Gasteiger partial charge >= 0.3 is 0 Å². The van der Waals surface area contributed by atoms with Gasteiger partial charge in [0.15, 0.2) is 0 Å². The molecule has 0 fully saturated rings. The lowest BCUT2D eigenvalue weighted by Gasteiger charge is -2.06. The van der Waals surface area contributed by atoms with Crippen molar-refractivity contribution in [1.82, 2.24) is 0 Å². The van der Waals surface area contributed by atoms with Crippen molar-refractivity contribution in [2.75, 3.05) is 6.26 Å². The summed E-state index contributed by atoms with van der Waals surface area (Å²) in [5, 5.41) is 2.41. The Hall–Kier alpha value is -0.540. The predicted octanol–water partition coefficient (Wildman–Crippen LogP) is 4.32. The minimum atomic E-state index is -0.0715. The highest BCUT2D eigenvalue weighted by Gasteiger charge is 2.10. The largest absolute Gasteiger partial charge is 0.205 e. The molecule has 2 rings (SSSR count). The molecule has 74 valence electrons. The van der Waals surface area contributed by atoms with Gasteiger partial charge in [0.1, 0.15) is 5.82 Å². The first-order chi connectivity index (χ1) is 6.77. The van der Waals surface area contributed by atoms with Gasteiger partial charge in [-0.3, -0.25) is 0 Å². The molecule has 3 heteroatoms. The van der Waals surface area contributed by atoms with Gasteiger partial charge < -0.3 is 0 Å². The van der Waals surface area contributed by atoms with Crippen LogP contribution in [0.4, 0.5) is 4.39 Å². The summed E-state index contributed by atoms with van der Waals surface area (Å²) in [7, 11) is 0. The summed E-state index contributed by atoms with van der Waals surface area (Å²) in [6, 6.07) is 4.09. The average Bonchev–Trinajstić information content (AvgIpc) is 2.59. The van der Waals surface area contributed by atoms with Crippen LogP contribution in [0.25, 0.3) is 10.1 Å². The zero-order chi connectivity index (χ0) is 10.1. The number of aryl methyl sites for hydroxylation is 1. The van der Waals surface area contributed by atoms with Gasteiger partial charge in [-0.05, 0) is 30.4 Å². The van der Waals surface area contributed by atoms with Crippen LogP contribution in [0.2, 0.25) is 0 Å². The monoisotopic (exact) mass is 226 g/mol. The van der Waals surface area contributed by atoms with E-state index < -0.39 is 0 Å². The molecule has 0 aliphatic rings. The van der Waals surface area contributed by atoms with E-state index >= 15 is 0 Å². The average molecular weight is 226 g/mol. The number of fused-ring (bicyclic) bond motifs is 1. The number of halogens is 1. The molecule has 1 aromatic carbocycles. The van der Waals surface area contributed by atoms with Crippen molar-refractivity contribution >= 4 is 33.2 Å². The van der Waals surface area contributed by atoms with E-state index in [1.165, 1.54) is 16.2 Å². The van der Waals surface area contributed by atoms with E-state index in [1.54, 1.807) is 17.1 Å². The molecule has 14 heavy (non-hydrogen) atoms. The normalized spacial score (nSPS) is 11.1. The topological polar surface area (TPSA) is 0 Å². The van der Waals surface area contributed by atoms with E-state index in [2.05, 4.69) is 13.0 Å². The molecule has 0 nitrogen and oxygen atoms in total. The summed E-state index contributed by atoms with van der Waals surface area (Å²) < 4.78 is 14.6. The molecule has 1 aromatic heterocycles. The zero-order valence-corrected chi connectivity index (χ0v) is 9.77. The lowest BCUT2D eigenvalue weighted by molar-refractivity contribution is 0.643. The molecule has 0 N–H and O–H groups in total. The van der Waals surface area contributed by atoms with Crippen molar-refractivity contribution < 1.29 is 4.39 Å². The summed E-state index contributed by atoms with van der Waals surface area (Å²) in [4.78, 5) is 1.19. The van der Waals surface area contributed by atoms with Crippen LogP contribution in [0.3, 0.4) is 0 Å². The second-order valence-corrected chi connectivity index (χ2v) is 4.82. The molecule has 0 atom stereocenters. The molecule has 0 amide bonds. The highest BCUT2D eigenvalue weighted by atomic mass is 32.2. The quantitative estimate of drug-likeness (QED) is 0.687. The Labute approximate surface area is 91.1 Å².